The number of para-hydroxylation sites is 1. The first-order chi connectivity index (χ1) is 21.8. The van der Waals surface area contributed by atoms with Crippen LogP contribution < -0.4 is 5.32 Å². The summed E-state index contributed by atoms with van der Waals surface area (Å²) < 4.78 is 9.37. The Morgan fingerprint density at radius 1 is 1.11 bits per heavy atom. The monoisotopic (exact) mass is 712 g/mol. The van der Waals surface area contributed by atoms with Crippen molar-refractivity contribution >= 4 is 75.4 Å². The predicted octanol–water partition coefficient (Wildman–Crippen LogP) is 8.46. The molecule has 1 aliphatic carbocycles. The number of H-pyrrole nitrogens is 1. The smallest absolute Gasteiger partial charge is 0.410 e. The summed E-state index contributed by atoms with van der Waals surface area (Å²) in [6, 6.07) is 8.03. The zero-order valence-corrected chi connectivity index (χ0v) is 29.2. The average Bonchev–Trinajstić information content (AvgIpc) is 3.43. The van der Waals surface area contributed by atoms with Crippen LogP contribution in [0, 0.1) is 5.92 Å². The number of rotatable bonds is 7. The minimum Gasteiger partial charge on any atom is -0.445 e. The summed E-state index contributed by atoms with van der Waals surface area (Å²) in [5.41, 5.74) is 1.94. The standard InChI is InChI=1S/C32H40Cl4N6O4/c1-31(2,3)46-30(44)42(18-20-11-13-41(14-12-20)29(43)45-19-32(34,35)36)22-8-6-7-21(15-22)39-28-38-17-25(33)27(40-28)24-16-37-26-10-5-4-9-23(24)26/h4-5,9-10,16-17,20-22,37H,6-8,11-15,18-19H2,1-3H3,(H,38,39,40)/t21-,22+/m1/s1. The summed E-state index contributed by atoms with van der Waals surface area (Å²) >= 11 is 23.7. The molecule has 1 aromatic carbocycles. The van der Waals surface area contributed by atoms with Crippen LogP contribution in [0.3, 0.4) is 0 Å². The number of hydrogen-bond donors (Lipinski definition) is 2. The predicted molar refractivity (Wildman–Crippen MR) is 183 cm³/mol. The molecule has 0 radical (unpaired) electrons. The van der Waals surface area contributed by atoms with Gasteiger partial charge in [-0.25, -0.2) is 19.6 Å². The van der Waals surface area contributed by atoms with Crippen LogP contribution in [0.2, 0.25) is 5.02 Å². The van der Waals surface area contributed by atoms with Crippen molar-refractivity contribution in [3.05, 3.63) is 41.7 Å². The van der Waals surface area contributed by atoms with E-state index in [1.165, 1.54) is 0 Å². The third-order valence-corrected chi connectivity index (χ3v) is 8.93. The third-order valence-electron chi connectivity index (χ3n) is 8.32. The Hall–Kier alpha value is -2.66. The lowest BCUT2D eigenvalue weighted by molar-refractivity contribution is 0.00426. The number of anilines is 1. The number of nitrogens with one attached hydrogen (secondary N) is 2. The molecule has 3 heterocycles. The lowest BCUT2D eigenvalue weighted by Gasteiger charge is -2.41. The highest BCUT2D eigenvalue weighted by atomic mass is 35.6. The van der Waals surface area contributed by atoms with Gasteiger partial charge in [0.05, 0.1) is 16.9 Å². The molecule has 0 unspecified atom stereocenters. The highest BCUT2D eigenvalue weighted by molar-refractivity contribution is 6.67. The minimum absolute atomic E-state index is 0.0335. The Balaban J connectivity index is 1.25. The van der Waals surface area contributed by atoms with Crippen molar-refractivity contribution in [2.75, 3.05) is 31.6 Å². The fraction of sp³-hybridized carbons (Fsp3) is 0.562. The second-order valence-electron chi connectivity index (χ2n) is 13.0. The van der Waals surface area contributed by atoms with E-state index in [0.717, 1.165) is 42.1 Å². The molecule has 14 heteroatoms. The number of amides is 2. The van der Waals surface area contributed by atoms with Crippen molar-refractivity contribution in [2.24, 2.45) is 5.92 Å². The van der Waals surface area contributed by atoms with Crippen LogP contribution in [0.25, 0.3) is 22.2 Å². The first-order valence-corrected chi connectivity index (χ1v) is 17.1. The van der Waals surface area contributed by atoms with Crippen LogP contribution in [0.4, 0.5) is 15.5 Å². The van der Waals surface area contributed by atoms with Gasteiger partial charge < -0.3 is 29.6 Å². The molecule has 10 nitrogen and oxygen atoms in total. The van der Waals surface area contributed by atoms with Gasteiger partial charge >= 0.3 is 12.2 Å². The second-order valence-corrected chi connectivity index (χ2v) is 16.0. The van der Waals surface area contributed by atoms with Gasteiger partial charge in [-0.2, -0.15) is 0 Å². The van der Waals surface area contributed by atoms with Crippen LogP contribution >= 0.6 is 46.4 Å². The second kappa shape index (κ2) is 14.6. The molecule has 2 aliphatic rings. The number of carbonyl (C=O) groups is 2. The fourth-order valence-corrected chi connectivity index (χ4v) is 6.51. The lowest BCUT2D eigenvalue weighted by atomic mass is 9.88. The maximum Gasteiger partial charge on any atom is 0.410 e. The largest absolute Gasteiger partial charge is 0.445 e. The molecule has 3 aromatic rings. The third kappa shape index (κ3) is 9.24. The maximum atomic E-state index is 13.6. The van der Waals surface area contributed by atoms with Gasteiger partial charge in [-0.1, -0.05) is 64.6 Å². The zero-order valence-electron chi connectivity index (χ0n) is 26.2. The zero-order chi connectivity index (χ0) is 33.1. The first-order valence-electron chi connectivity index (χ1n) is 15.6. The van der Waals surface area contributed by atoms with E-state index < -0.39 is 15.5 Å². The molecule has 2 N–H and O–H groups in total. The van der Waals surface area contributed by atoms with Crippen LogP contribution in [0.15, 0.2) is 36.7 Å². The molecular weight excluding hydrogens is 674 g/mol. The van der Waals surface area contributed by atoms with E-state index in [-0.39, 0.29) is 30.7 Å². The van der Waals surface area contributed by atoms with Gasteiger partial charge in [0.2, 0.25) is 9.74 Å². The molecule has 2 amide bonds. The summed E-state index contributed by atoms with van der Waals surface area (Å²) in [5.74, 6) is 0.685. The van der Waals surface area contributed by atoms with E-state index >= 15 is 0 Å². The van der Waals surface area contributed by atoms with Gasteiger partial charge in [-0.3, -0.25) is 0 Å². The number of alkyl halides is 3. The van der Waals surface area contributed by atoms with Crippen molar-refractivity contribution < 1.29 is 19.1 Å². The lowest BCUT2D eigenvalue weighted by Crippen LogP contribution is -2.50. The van der Waals surface area contributed by atoms with E-state index in [1.54, 1.807) is 11.1 Å². The molecule has 5 rings (SSSR count). The number of aromatic nitrogens is 3. The van der Waals surface area contributed by atoms with Crippen molar-refractivity contribution in [1.82, 2.24) is 24.8 Å². The summed E-state index contributed by atoms with van der Waals surface area (Å²) in [7, 11) is 0. The SMILES string of the molecule is CC(C)(C)OC(=O)N(CC1CCN(C(=O)OCC(Cl)(Cl)Cl)CC1)[C@H]1CCC[C@@H](Nc2ncc(Cl)c(-c3c[nH]c4ccccc34)n2)C1. The summed E-state index contributed by atoms with van der Waals surface area (Å²) in [6.07, 6.45) is 7.56. The normalized spacial score (nSPS) is 19.6. The van der Waals surface area contributed by atoms with E-state index in [2.05, 4.69) is 15.3 Å². The molecule has 2 fully saturated rings. The van der Waals surface area contributed by atoms with Gasteiger partial charge in [0.1, 0.15) is 12.2 Å². The molecule has 2 atom stereocenters. The van der Waals surface area contributed by atoms with E-state index in [4.69, 9.17) is 60.9 Å². The van der Waals surface area contributed by atoms with Crippen molar-refractivity contribution in [1.29, 1.82) is 0 Å². The quantitative estimate of drug-likeness (QED) is 0.236. The molecule has 0 spiro atoms. The number of hydrogen-bond acceptors (Lipinski definition) is 7. The van der Waals surface area contributed by atoms with Crippen molar-refractivity contribution in [3.63, 3.8) is 0 Å². The maximum absolute atomic E-state index is 13.6. The number of halogens is 4. The Bertz CT molecular complexity index is 1520. The molecule has 1 saturated carbocycles. The van der Waals surface area contributed by atoms with Crippen LogP contribution in [0.5, 0.6) is 0 Å². The number of likely N-dealkylation sites (tertiary alicyclic amines) is 1. The van der Waals surface area contributed by atoms with Crippen molar-refractivity contribution in [2.45, 2.75) is 80.8 Å². The average molecular weight is 715 g/mol. The Labute approximate surface area is 289 Å². The molecule has 0 bridgehead atoms. The summed E-state index contributed by atoms with van der Waals surface area (Å²) in [6.45, 7) is 6.83. The van der Waals surface area contributed by atoms with E-state index in [0.29, 0.717) is 49.1 Å². The summed E-state index contributed by atoms with van der Waals surface area (Å²) in [5, 5.41) is 5.02. The number of carbonyl (C=O) groups excluding carboxylic acids is 2. The molecule has 2 aromatic heterocycles. The first kappa shape index (κ1) is 34.7. The number of benzene rings is 1. The van der Waals surface area contributed by atoms with Crippen molar-refractivity contribution in [3.8, 4) is 11.3 Å². The molecule has 1 aliphatic heterocycles. The van der Waals surface area contributed by atoms with Gasteiger partial charge in [0.15, 0.2) is 0 Å². The van der Waals surface area contributed by atoms with E-state index in [9.17, 15) is 9.59 Å². The van der Waals surface area contributed by atoms with Crippen LogP contribution in [0.1, 0.15) is 59.3 Å². The Kier molecular flexibility index (Phi) is 11.0. The van der Waals surface area contributed by atoms with Gasteiger partial charge in [0.25, 0.3) is 0 Å². The Morgan fingerprint density at radius 3 is 2.57 bits per heavy atom. The number of fused-ring (bicyclic) bond motifs is 1. The number of piperidine rings is 1. The Morgan fingerprint density at radius 2 is 1.85 bits per heavy atom. The molecule has 250 valence electrons. The van der Waals surface area contributed by atoms with Crippen LogP contribution in [-0.2, 0) is 9.47 Å². The molecule has 46 heavy (non-hydrogen) atoms. The van der Waals surface area contributed by atoms with Gasteiger partial charge in [0, 0.05) is 54.4 Å². The molecule has 1 saturated heterocycles. The highest BCUT2D eigenvalue weighted by Crippen LogP contribution is 2.34. The van der Waals surface area contributed by atoms with Crippen LogP contribution in [-0.4, -0.2) is 84.7 Å². The van der Waals surface area contributed by atoms with Gasteiger partial charge in [-0.15, -0.1) is 0 Å². The molecular formula is C32H40Cl4N6O4. The fourth-order valence-electron chi connectivity index (χ4n) is 6.16. The van der Waals surface area contributed by atoms with Gasteiger partial charge in [-0.05, 0) is 71.3 Å². The number of aromatic amines is 1. The minimum atomic E-state index is -1.66. The highest BCUT2D eigenvalue weighted by Gasteiger charge is 2.36. The number of nitrogens with zero attached hydrogens (tertiary/aromatic N) is 4. The summed E-state index contributed by atoms with van der Waals surface area (Å²) in [4.78, 5) is 42.1. The topological polar surface area (TPSA) is 113 Å². The number of ether oxygens (including phenoxy) is 2. The van der Waals surface area contributed by atoms with E-state index in [1.807, 2.05) is 56.1 Å².